The molecule has 0 spiro atoms. The topological polar surface area (TPSA) is 46.6 Å². The van der Waals surface area contributed by atoms with E-state index in [1.807, 2.05) is 0 Å². The van der Waals surface area contributed by atoms with Crippen molar-refractivity contribution >= 4 is 10.0 Å². The third-order valence-corrected chi connectivity index (χ3v) is 4.74. The van der Waals surface area contributed by atoms with E-state index in [0.29, 0.717) is 6.07 Å². The first kappa shape index (κ1) is 14.4. The molecule has 0 N–H and O–H groups in total. The van der Waals surface area contributed by atoms with Gasteiger partial charge in [-0.15, -0.1) is 0 Å². The molecule has 2 atom stereocenters. The van der Waals surface area contributed by atoms with Gasteiger partial charge in [-0.05, 0) is 32.0 Å². The molecule has 1 aromatic carbocycles. The average Bonchev–Trinajstić information content (AvgIpc) is 2.31. The molecule has 0 aliphatic carbocycles. The minimum Gasteiger partial charge on any atom is -0.373 e. The van der Waals surface area contributed by atoms with Gasteiger partial charge in [-0.25, -0.2) is 17.2 Å². The highest BCUT2D eigenvalue weighted by Gasteiger charge is 2.32. The van der Waals surface area contributed by atoms with Crippen LogP contribution in [-0.4, -0.2) is 38.0 Å². The summed E-state index contributed by atoms with van der Waals surface area (Å²) in [6.07, 6.45) is -0.465. The smallest absolute Gasteiger partial charge is 0.243 e. The second-order valence-corrected chi connectivity index (χ2v) is 6.59. The van der Waals surface area contributed by atoms with Gasteiger partial charge in [-0.3, -0.25) is 0 Å². The summed E-state index contributed by atoms with van der Waals surface area (Å²) < 4.78 is 57.3. The summed E-state index contributed by atoms with van der Waals surface area (Å²) in [6.45, 7) is 3.93. The number of ether oxygens (including phenoxy) is 1. The van der Waals surface area contributed by atoms with Gasteiger partial charge >= 0.3 is 0 Å². The van der Waals surface area contributed by atoms with Crippen molar-refractivity contribution in [3.63, 3.8) is 0 Å². The number of benzene rings is 1. The zero-order chi connectivity index (χ0) is 14.2. The summed E-state index contributed by atoms with van der Waals surface area (Å²) in [7, 11) is -3.82. The lowest BCUT2D eigenvalue weighted by atomic mass is 10.3. The third-order valence-electron chi connectivity index (χ3n) is 2.91. The van der Waals surface area contributed by atoms with Crippen LogP contribution in [0, 0.1) is 11.6 Å². The number of rotatable bonds is 2. The van der Waals surface area contributed by atoms with Crippen molar-refractivity contribution in [1.82, 2.24) is 4.31 Å². The Morgan fingerprint density at radius 1 is 1.16 bits per heavy atom. The van der Waals surface area contributed by atoms with E-state index in [2.05, 4.69) is 0 Å². The molecule has 19 heavy (non-hydrogen) atoms. The van der Waals surface area contributed by atoms with E-state index in [4.69, 9.17) is 4.74 Å². The summed E-state index contributed by atoms with van der Waals surface area (Å²) in [6, 6.07) is 2.59. The molecule has 4 nitrogen and oxygen atoms in total. The SMILES string of the molecule is CC1CN(S(=O)(=O)c2ccc(F)c(F)c2)CC(C)O1. The highest BCUT2D eigenvalue weighted by molar-refractivity contribution is 7.89. The van der Waals surface area contributed by atoms with E-state index in [1.54, 1.807) is 13.8 Å². The number of hydrogen-bond acceptors (Lipinski definition) is 3. The first-order valence-corrected chi connectivity index (χ1v) is 7.35. The molecule has 1 heterocycles. The van der Waals surface area contributed by atoms with E-state index >= 15 is 0 Å². The zero-order valence-corrected chi connectivity index (χ0v) is 11.5. The molecule has 1 fully saturated rings. The van der Waals surface area contributed by atoms with Crippen LogP contribution in [0.15, 0.2) is 23.1 Å². The van der Waals surface area contributed by atoms with Gasteiger partial charge in [-0.2, -0.15) is 4.31 Å². The second-order valence-electron chi connectivity index (χ2n) is 4.66. The first-order chi connectivity index (χ1) is 8.80. The van der Waals surface area contributed by atoms with E-state index < -0.39 is 21.7 Å². The second kappa shape index (κ2) is 5.15. The van der Waals surface area contributed by atoms with Crippen molar-refractivity contribution in [2.24, 2.45) is 0 Å². The number of hydrogen-bond donors (Lipinski definition) is 0. The largest absolute Gasteiger partial charge is 0.373 e. The number of nitrogens with zero attached hydrogens (tertiary/aromatic N) is 1. The monoisotopic (exact) mass is 291 g/mol. The minimum absolute atomic E-state index is 0.200. The van der Waals surface area contributed by atoms with Crippen molar-refractivity contribution < 1.29 is 21.9 Å². The van der Waals surface area contributed by atoms with Crippen molar-refractivity contribution in [2.45, 2.75) is 31.0 Å². The molecule has 0 amide bonds. The Hall–Kier alpha value is -1.05. The normalized spacial score (nSPS) is 25.5. The quantitative estimate of drug-likeness (QED) is 0.834. The standard InChI is InChI=1S/C12H15F2NO3S/c1-8-6-15(7-9(2)18-8)19(16,17)10-3-4-11(13)12(14)5-10/h3-5,8-9H,6-7H2,1-2H3. The van der Waals surface area contributed by atoms with Gasteiger partial charge in [0.05, 0.1) is 17.1 Å². The van der Waals surface area contributed by atoms with Crippen LogP contribution in [0.2, 0.25) is 0 Å². The van der Waals surface area contributed by atoms with Crippen molar-refractivity contribution in [1.29, 1.82) is 0 Å². The van der Waals surface area contributed by atoms with E-state index in [-0.39, 0.29) is 30.2 Å². The molecule has 1 saturated heterocycles. The Bertz CT molecular complexity index is 566. The average molecular weight is 291 g/mol. The van der Waals surface area contributed by atoms with Crippen LogP contribution in [0.5, 0.6) is 0 Å². The molecule has 106 valence electrons. The summed E-state index contributed by atoms with van der Waals surface area (Å²) >= 11 is 0. The number of halogens is 2. The van der Waals surface area contributed by atoms with E-state index in [0.717, 1.165) is 12.1 Å². The van der Waals surface area contributed by atoms with Gasteiger partial charge in [0, 0.05) is 13.1 Å². The highest BCUT2D eigenvalue weighted by atomic mass is 32.2. The number of morpholine rings is 1. The molecule has 0 bridgehead atoms. The fraction of sp³-hybridized carbons (Fsp3) is 0.500. The van der Waals surface area contributed by atoms with Gasteiger partial charge in [0.15, 0.2) is 11.6 Å². The van der Waals surface area contributed by atoms with Crippen LogP contribution in [0.25, 0.3) is 0 Å². The Kier molecular flexibility index (Phi) is 3.89. The molecule has 2 unspecified atom stereocenters. The maximum absolute atomic E-state index is 13.1. The predicted octanol–water partition coefficient (Wildman–Crippen LogP) is 1.76. The molecule has 0 radical (unpaired) electrons. The molecule has 1 aliphatic rings. The van der Waals surface area contributed by atoms with Crippen LogP contribution >= 0.6 is 0 Å². The Balaban J connectivity index is 2.33. The van der Waals surface area contributed by atoms with Gasteiger partial charge in [-0.1, -0.05) is 0 Å². The van der Waals surface area contributed by atoms with Gasteiger partial charge < -0.3 is 4.74 Å². The minimum atomic E-state index is -3.82. The summed E-state index contributed by atoms with van der Waals surface area (Å²) in [5.41, 5.74) is 0. The fourth-order valence-corrected chi connectivity index (χ4v) is 3.72. The molecule has 0 aromatic heterocycles. The Labute approximate surface area is 111 Å². The molecule has 7 heteroatoms. The van der Waals surface area contributed by atoms with Crippen LogP contribution in [0.1, 0.15) is 13.8 Å². The fourth-order valence-electron chi connectivity index (χ4n) is 2.11. The lowest BCUT2D eigenvalue weighted by Gasteiger charge is -2.34. The maximum atomic E-state index is 13.1. The van der Waals surface area contributed by atoms with Crippen LogP contribution in [-0.2, 0) is 14.8 Å². The number of sulfonamides is 1. The van der Waals surface area contributed by atoms with Crippen molar-refractivity contribution in [3.05, 3.63) is 29.8 Å². The molecule has 2 rings (SSSR count). The summed E-state index contributed by atoms with van der Waals surface area (Å²) in [5, 5.41) is 0. The maximum Gasteiger partial charge on any atom is 0.243 e. The van der Waals surface area contributed by atoms with Crippen molar-refractivity contribution in [2.75, 3.05) is 13.1 Å². The Morgan fingerprint density at radius 2 is 1.74 bits per heavy atom. The zero-order valence-electron chi connectivity index (χ0n) is 10.6. The van der Waals surface area contributed by atoms with E-state index in [1.165, 1.54) is 4.31 Å². The lowest BCUT2D eigenvalue weighted by Crippen LogP contribution is -2.48. The van der Waals surface area contributed by atoms with Crippen molar-refractivity contribution in [3.8, 4) is 0 Å². The highest BCUT2D eigenvalue weighted by Crippen LogP contribution is 2.22. The van der Waals surface area contributed by atoms with Crippen LogP contribution < -0.4 is 0 Å². The van der Waals surface area contributed by atoms with Gasteiger partial charge in [0.2, 0.25) is 10.0 Å². The molecule has 0 saturated carbocycles. The lowest BCUT2D eigenvalue weighted by molar-refractivity contribution is -0.0440. The first-order valence-electron chi connectivity index (χ1n) is 5.91. The molecule has 1 aromatic rings. The van der Waals surface area contributed by atoms with Gasteiger partial charge in [0.1, 0.15) is 0 Å². The Morgan fingerprint density at radius 3 is 2.26 bits per heavy atom. The molecular weight excluding hydrogens is 276 g/mol. The summed E-state index contributed by atoms with van der Waals surface area (Å²) in [5.74, 6) is -2.24. The predicted molar refractivity (Wildman–Crippen MR) is 65.1 cm³/mol. The van der Waals surface area contributed by atoms with Gasteiger partial charge in [0.25, 0.3) is 0 Å². The van der Waals surface area contributed by atoms with Crippen LogP contribution in [0.4, 0.5) is 8.78 Å². The molecular formula is C12H15F2NO3S. The third kappa shape index (κ3) is 2.93. The van der Waals surface area contributed by atoms with Crippen LogP contribution in [0.3, 0.4) is 0 Å². The molecule has 1 aliphatic heterocycles. The van der Waals surface area contributed by atoms with E-state index in [9.17, 15) is 17.2 Å². The summed E-state index contributed by atoms with van der Waals surface area (Å²) in [4.78, 5) is -0.243.